The third kappa shape index (κ3) is 1.70. The minimum atomic E-state index is -0.445. The van der Waals surface area contributed by atoms with Crippen molar-refractivity contribution in [2.24, 2.45) is 0 Å². The van der Waals surface area contributed by atoms with Gasteiger partial charge in [0.15, 0.2) is 0 Å². The second-order valence-corrected chi connectivity index (χ2v) is 1.99. The lowest BCUT2D eigenvalue weighted by Gasteiger charge is -2.03. The molecule has 0 aliphatic rings. The van der Waals surface area contributed by atoms with Crippen molar-refractivity contribution in [1.82, 2.24) is 9.66 Å². The van der Waals surface area contributed by atoms with E-state index >= 15 is 0 Å². The maximum absolute atomic E-state index is 10.9. The van der Waals surface area contributed by atoms with Crippen molar-refractivity contribution in [2.75, 3.05) is 12.0 Å². The first-order valence-corrected chi connectivity index (χ1v) is 3.30. The van der Waals surface area contributed by atoms with Crippen LogP contribution in [-0.4, -0.2) is 16.2 Å². The van der Waals surface area contributed by atoms with Crippen LogP contribution in [0.1, 0.15) is 6.92 Å². The Bertz CT molecular complexity index is 338. The van der Waals surface area contributed by atoms with Gasteiger partial charge in [0.05, 0.1) is 0 Å². The van der Waals surface area contributed by atoms with Crippen molar-refractivity contribution in [2.45, 2.75) is 6.92 Å². The molecule has 0 aromatic carbocycles. The van der Waals surface area contributed by atoms with Gasteiger partial charge < -0.3 is 5.43 Å². The van der Waals surface area contributed by atoms with Crippen LogP contribution in [0.2, 0.25) is 0 Å². The molecular formula is C6H9N3O2. The van der Waals surface area contributed by atoms with Gasteiger partial charge in [-0.05, 0) is 6.92 Å². The molecule has 0 radical (unpaired) electrons. The van der Waals surface area contributed by atoms with Crippen molar-refractivity contribution in [3.63, 3.8) is 0 Å². The quantitative estimate of drug-likeness (QED) is 0.581. The van der Waals surface area contributed by atoms with E-state index in [4.69, 9.17) is 0 Å². The fourth-order valence-electron chi connectivity index (χ4n) is 0.712. The Balaban J connectivity index is 3.10. The van der Waals surface area contributed by atoms with Gasteiger partial charge in [0.25, 0.3) is 5.56 Å². The number of aromatic nitrogens is 2. The summed E-state index contributed by atoms with van der Waals surface area (Å²) in [6.07, 6.45) is 1.39. The lowest BCUT2D eigenvalue weighted by atomic mass is 10.7. The predicted molar refractivity (Wildman–Crippen MR) is 41.2 cm³/mol. The van der Waals surface area contributed by atoms with Crippen molar-refractivity contribution in [3.8, 4) is 0 Å². The zero-order valence-electron chi connectivity index (χ0n) is 6.13. The Hall–Kier alpha value is -1.52. The fraction of sp³-hybridized carbons (Fsp3) is 0.333. The minimum Gasteiger partial charge on any atom is -0.322 e. The summed E-state index contributed by atoms with van der Waals surface area (Å²) >= 11 is 0. The van der Waals surface area contributed by atoms with Crippen LogP contribution in [0.15, 0.2) is 21.9 Å². The van der Waals surface area contributed by atoms with Gasteiger partial charge in [0.2, 0.25) is 0 Å². The summed E-state index contributed by atoms with van der Waals surface area (Å²) in [5.74, 6) is 0. The SMILES string of the molecule is CCNn1ccc(=O)[nH]c1=O. The van der Waals surface area contributed by atoms with E-state index in [1.54, 1.807) is 0 Å². The van der Waals surface area contributed by atoms with E-state index < -0.39 is 5.69 Å². The highest BCUT2D eigenvalue weighted by Gasteiger charge is 1.90. The first kappa shape index (κ1) is 7.59. The molecule has 1 rings (SSSR count). The average molecular weight is 155 g/mol. The Kier molecular flexibility index (Phi) is 2.10. The van der Waals surface area contributed by atoms with E-state index in [1.165, 1.54) is 16.9 Å². The normalized spacial score (nSPS) is 9.55. The van der Waals surface area contributed by atoms with Gasteiger partial charge in [0.1, 0.15) is 0 Å². The number of rotatable bonds is 2. The van der Waals surface area contributed by atoms with E-state index in [2.05, 4.69) is 10.4 Å². The lowest BCUT2D eigenvalue weighted by molar-refractivity contribution is 0.776. The third-order valence-corrected chi connectivity index (χ3v) is 1.15. The van der Waals surface area contributed by atoms with Crippen LogP contribution < -0.4 is 16.7 Å². The maximum Gasteiger partial charge on any atom is 0.346 e. The molecule has 2 N–H and O–H groups in total. The first-order valence-electron chi connectivity index (χ1n) is 3.30. The van der Waals surface area contributed by atoms with Gasteiger partial charge in [-0.1, -0.05) is 0 Å². The molecule has 5 heteroatoms. The first-order chi connectivity index (χ1) is 5.24. The second kappa shape index (κ2) is 3.05. The van der Waals surface area contributed by atoms with Gasteiger partial charge in [0, 0.05) is 18.8 Å². The summed E-state index contributed by atoms with van der Waals surface area (Å²) in [5, 5.41) is 0. The summed E-state index contributed by atoms with van der Waals surface area (Å²) in [7, 11) is 0. The molecule has 1 aromatic rings. The molecule has 1 aromatic heterocycles. The van der Waals surface area contributed by atoms with E-state index in [-0.39, 0.29) is 5.56 Å². The van der Waals surface area contributed by atoms with E-state index in [9.17, 15) is 9.59 Å². The number of hydrogen-bond acceptors (Lipinski definition) is 3. The number of nitrogens with one attached hydrogen (secondary N) is 2. The van der Waals surface area contributed by atoms with Crippen LogP contribution in [0.3, 0.4) is 0 Å². The molecule has 0 saturated heterocycles. The van der Waals surface area contributed by atoms with Gasteiger partial charge >= 0.3 is 5.69 Å². The number of aromatic amines is 1. The van der Waals surface area contributed by atoms with Crippen LogP contribution in [0, 0.1) is 0 Å². The van der Waals surface area contributed by atoms with Crippen LogP contribution in [0.5, 0.6) is 0 Å². The fourth-order valence-corrected chi connectivity index (χ4v) is 0.712. The Morgan fingerprint density at radius 1 is 1.64 bits per heavy atom. The third-order valence-electron chi connectivity index (χ3n) is 1.15. The average Bonchev–Trinajstić information content (AvgIpc) is 1.95. The molecule has 1 heterocycles. The molecular weight excluding hydrogens is 146 g/mol. The van der Waals surface area contributed by atoms with Crippen molar-refractivity contribution < 1.29 is 0 Å². The molecule has 0 fully saturated rings. The maximum atomic E-state index is 10.9. The summed E-state index contributed by atoms with van der Waals surface area (Å²) in [6.45, 7) is 2.49. The van der Waals surface area contributed by atoms with Crippen LogP contribution in [-0.2, 0) is 0 Å². The van der Waals surface area contributed by atoms with E-state index in [0.29, 0.717) is 6.54 Å². The Morgan fingerprint density at radius 3 is 2.91 bits per heavy atom. The van der Waals surface area contributed by atoms with E-state index in [1.807, 2.05) is 6.92 Å². The predicted octanol–water partition coefficient (Wildman–Crippen LogP) is -0.900. The highest BCUT2D eigenvalue weighted by atomic mass is 16.2. The molecule has 11 heavy (non-hydrogen) atoms. The highest BCUT2D eigenvalue weighted by molar-refractivity contribution is 4.84. The topological polar surface area (TPSA) is 66.9 Å². The lowest BCUT2D eigenvalue weighted by Crippen LogP contribution is -2.34. The highest BCUT2D eigenvalue weighted by Crippen LogP contribution is 1.66. The Morgan fingerprint density at radius 2 is 2.36 bits per heavy atom. The summed E-state index contributed by atoms with van der Waals surface area (Å²) in [5.41, 5.74) is 1.91. The van der Waals surface area contributed by atoms with Crippen LogP contribution in [0.25, 0.3) is 0 Å². The summed E-state index contributed by atoms with van der Waals surface area (Å²) in [4.78, 5) is 23.5. The molecule has 0 unspecified atom stereocenters. The van der Waals surface area contributed by atoms with Gasteiger partial charge in [-0.25, -0.2) is 9.47 Å². The zero-order valence-corrected chi connectivity index (χ0v) is 6.13. The summed E-state index contributed by atoms with van der Waals surface area (Å²) in [6, 6.07) is 1.28. The zero-order chi connectivity index (χ0) is 8.27. The molecule has 0 amide bonds. The monoisotopic (exact) mass is 155 g/mol. The molecule has 0 atom stereocenters. The molecule has 0 aliphatic carbocycles. The number of H-pyrrole nitrogens is 1. The molecule has 5 nitrogen and oxygen atoms in total. The minimum absolute atomic E-state index is 0.385. The largest absolute Gasteiger partial charge is 0.346 e. The van der Waals surface area contributed by atoms with Crippen molar-refractivity contribution in [3.05, 3.63) is 33.1 Å². The molecule has 0 saturated carbocycles. The second-order valence-electron chi connectivity index (χ2n) is 1.99. The molecule has 60 valence electrons. The van der Waals surface area contributed by atoms with E-state index in [0.717, 1.165) is 0 Å². The standard InChI is InChI=1S/C6H9N3O2/c1-2-7-9-4-3-5(10)8-6(9)11/h3-4,7H,2H2,1H3,(H,8,10,11). The smallest absolute Gasteiger partial charge is 0.322 e. The summed E-state index contributed by atoms with van der Waals surface area (Å²) < 4.78 is 1.22. The van der Waals surface area contributed by atoms with Crippen molar-refractivity contribution >= 4 is 0 Å². The van der Waals surface area contributed by atoms with Gasteiger partial charge in [-0.2, -0.15) is 0 Å². The molecule has 0 spiro atoms. The van der Waals surface area contributed by atoms with Crippen LogP contribution >= 0.6 is 0 Å². The number of hydrogen-bond donors (Lipinski definition) is 2. The van der Waals surface area contributed by atoms with Gasteiger partial charge in [-0.15, -0.1) is 0 Å². The molecule has 0 bridgehead atoms. The Labute approximate surface area is 62.7 Å². The number of nitrogens with zero attached hydrogens (tertiary/aromatic N) is 1. The van der Waals surface area contributed by atoms with Gasteiger partial charge in [-0.3, -0.25) is 9.78 Å². The van der Waals surface area contributed by atoms with Crippen LogP contribution in [0.4, 0.5) is 0 Å². The van der Waals surface area contributed by atoms with Crippen molar-refractivity contribution in [1.29, 1.82) is 0 Å². The molecule has 0 aliphatic heterocycles.